The quantitative estimate of drug-likeness (QED) is 0.394. The maximum Gasteiger partial charge on any atom is 0.234 e. The maximum atomic E-state index is 12.6. The number of pyridine rings is 1. The van der Waals surface area contributed by atoms with Crippen LogP contribution in [0.3, 0.4) is 0 Å². The second-order valence-electron chi connectivity index (χ2n) is 6.49. The number of hydrogen-bond donors (Lipinski definition) is 1. The first-order valence-electron chi connectivity index (χ1n) is 9.35. The molecule has 0 bridgehead atoms. The third-order valence-corrected chi connectivity index (χ3v) is 5.95. The molecular weight excluding hydrogens is 430 g/mol. The number of aromatic nitrogens is 6. The van der Waals surface area contributed by atoms with E-state index in [1.165, 1.54) is 11.8 Å². The normalized spacial score (nSPS) is 11.0. The Morgan fingerprint density at radius 2 is 1.81 bits per heavy atom. The largest absolute Gasteiger partial charge is 0.323 e. The predicted molar refractivity (Wildman–Crippen MR) is 121 cm³/mol. The Balaban J connectivity index is 1.40. The van der Waals surface area contributed by atoms with Gasteiger partial charge in [-0.3, -0.25) is 14.3 Å². The Labute approximate surface area is 185 Å². The Morgan fingerprint density at radius 1 is 0.968 bits per heavy atom. The number of benzene rings is 2. The van der Waals surface area contributed by atoms with Crippen molar-refractivity contribution in [3.63, 3.8) is 0 Å². The average molecular weight is 446 g/mol. The number of carbonyl (C=O) groups excluding carboxylic acids is 1. The average Bonchev–Trinajstić information content (AvgIpc) is 3.47. The Bertz CT molecular complexity index is 1340. The molecule has 10 heteroatoms. The number of para-hydroxylation sites is 1. The molecule has 5 rings (SSSR count). The van der Waals surface area contributed by atoms with Gasteiger partial charge in [-0.2, -0.15) is 8.75 Å². The summed E-state index contributed by atoms with van der Waals surface area (Å²) in [6, 6.07) is 19.1. The van der Waals surface area contributed by atoms with Gasteiger partial charge in [-0.15, -0.1) is 10.2 Å². The minimum absolute atomic E-state index is 0.154. The number of carbonyl (C=O) groups is 1. The molecule has 0 radical (unpaired) electrons. The molecule has 31 heavy (non-hydrogen) atoms. The summed E-state index contributed by atoms with van der Waals surface area (Å²) in [4.78, 5) is 16.7. The van der Waals surface area contributed by atoms with Crippen molar-refractivity contribution in [3.05, 3.63) is 73.1 Å². The lowest BCUT2D eigenvalue weighted by molar-refractivity contribution is -0.113. The molecule has 0 spiro atoms. The van der Waals surface area contributed by atoms with Gasteiger partial charge >= 0.3 is 0 Å². The van der Waals surface area contributed by atoms with Gasteiger partial charge in [0.1, 0.15) is 11.0 Å². The highest BCUT2D eigenvalue weighted by molar-refractivity contribution is 7.99. The van der Waals surface area contributed by atoms with Gasteiger partial charge in [0.25, 0.3) is 0 Å². The van der Waals surface area contributed by atoms with E-state index in [9.17, 15) is 4.79 Å². The van der Waals surface area contributed by atoms with E-state index in [1.807, 2.05) is 65.2 Å². The molecule has 1 N–H and O–H groups in total. The summed E-state index contributed by atoms with van der Waals surface area (Å²) >= 11 is 2.44. The number of nitrogens with one attached hydrogen (secondary N) is 1. The van der Waals surface area contributed by atoms with E-state index in [-0.39, 0.29) is 11.7 Å². The number of anilines is 1. The summed E-state index contributed by atoms with van der Waals surface area (Å²) in [6.45, 7) is 0. The van der Waals surface area contributed by atoms with E-state index in [4.69, 9.17) is 0 Å². The lowest BCUT2D eigenvalue weighted by atomic mass is 10.2. The van der Waals surface area contributed by atoms with E-state index in [0.717, 1.165) is 28.5 Å². The van der Waals surface area contributed by atoms with Crippen molar-refractivity contribution >= 4 is 46.1 Å². The first kappa shape index (κ1) is 19.3. The standard InChI is InChI=1S/C21H15N7OS2/c29-18(23-16-7-4-8-17-19(16)27-31-26-17)13-30-21-25-24-20(14-9-11-22-12-10-14)28(21)15-5-2-1-3-6-15/h1-12H,13H2,(H,23,29). The molecule has 152 valence electrons. The molecule has 0 aliphatic rings. The van der Waals surface area contributed by atoms with Crippen LogP contribution >= 0.6 is 23.5 Å². The molecule has 0 saturated heterocycles. The van der Waals surface area contributed by atoms with Gasteiger partial charge in [-0.25, -0.2) is 0 Å². The van der Waals surface area contributed by atoms with Gasteiger partial charge in [0.2, 0.25) is 5.91 Å². The van der Waals surface area contributed by atoms with Gasteiger partial charge in [-0.1, -0.05) is 36.0 Å². The zero-order valence-electron chi connectivity index (χ0n) is 16.0. The predicted octanol–water partition coefficient (Wildman–Crippen LogP) is 4.06. The zero-order chi connectivity index (χ0) is 21.0. The van der Waals surface area contributed by atoms with Crippen LogP contribution in [0, 0.1) is 0 Å². The molecule has 2 aromatic carbocycles. The SMILES string of the molecule is O=C(CSc1nnc(-c2ccncc2)n1-c1ccccc1)Nc1cccc2nsnc12. The van der Waals surface area contributed by atoms with Crippen molar-refractivity contribution in [1.29, 1.82) is 0 Å². The second-order valence-corrected chi connectivity index (χ2v) is 7.96. The molecule has 0 aliphatic heterocycles. The number of fused-ring (bicyclic) bond motifs is 1. The fourth-order valence-corrected chi connectivity index (χ4v) is 4.39. The minimum atomic E-state index is -0.154. The van der Waals surface area contributed by atoms with E-state index >= 15 is 0 Å². The van der Waals surface area contributed by atoms with Gasteiger partial charge in [0.15, 0.2) is 11.0 Å². The van der Waals surface area contributed by atoms with E-state index in [1.54, 1.807) is 12.4 Å². The Hall–Kier alpha value is -3.63. The molecule has 8 nitrogen and oxygen atoms in total. The smallest absolute Gasteiger partial charge is 0.234 e. The Kier molecular flexibility index (Phi) is 5.38. The summed E-state index contributed by atoms with van der Waals surface area (Å²) in [5, 5.41) is 12.3. The fourth-order valence-electron chi connectivity index (χ4n) is 3.08. The third-order valence-electron chi connectivity index (χ3n) is 4.48. The molecule has 0 unspecified atom stereocenters. The first-order valence-corrected chi connectivity index (χ1v) is 11.1. The van der Waals surface area contributed by atoms with Crippen LogP contribution in [0.25, 0.3) is 28.1 Å². The molecule has 3 aromatic heterocycles. The van der Waals surface area contributed by atoms with Crippen LogP contribution in [0.4, 0.5) is 5.69 Å². The summed E-state index contributed by atoms with van der Waals surface area (Å²) < 4.78 is 10.4. The Morgan fingerprint density at radius 3 is 2.65 bits per heavy atom. The molecule has 5 aromatic rings. The molecule has 0 fully saturated rings. The van der Waals surface area contributed by atoms with Crippen LogP contribution in [-0.2, 0) is 4.79 Å². The number of amides is 1. The molecular formula is C21H15N7OS2. The highest BCUT2D eigenvalue weighted by atomic mass is 32.2. The number of rotatable bonds is 6. The van der Waals surface area contributed by atoms with Gasteiger partial charge < -0.3 is 5.32 Å². The highest BCUT2D eigenvalue weighted by Gasteiger charge is 2.17. The summed E-state index contributed by atoms with van der Waals surface area (Å²) in [5.41, 5.74) is 3.92. The van der Waals surface area contributed by atoms with Crippen molar-refractivity contribution in [3.8, 4) is 17.1 Å². The zero-order valence-corrected chi connectivity index (χ0v) is 17.7. The highest BCUT2D eigenvalue weighted by Crippen LogP contribution is 2.28. The molecule has 1 amide bonds. The number of thioether (sulfide) groups is 1. The van der Waals surface area contributed by atoms with Gasteiger partial charge in [-0.05, 0) is 36.4 Å². The molecule has 3 heterocycles. The molecule has 0 atom stereocenters. The van der Waals surface area contributed by atoms with Crippen LogP contribution in [0.1, 0.15) is 0 Å². The van der Waals surface area contributed by atoms with Crippen molar-refractivity contribution in [2.24, 2.45) is 0 Å². The van der Waals surface area contributed by atoms with Crippen molar-refractivity contribution < 1.29 is 4.79 Å². The minimum Gasteiger partial charge on any atom is -0.323 e. The van der Waals surface area contributed by atoms with Crippen LogP contribution in [-0.4, -0.2) is 40.2 Å². The maximum absolute atomic E-state index is 12.6. The first-order chi connectivity index (χ1) is 15.3. The van der Waals surface area contributed by atoms with Crippen LogP contribution < -0.4 is 5.32 Å². The lowest BCUT2D eigenvalue weighted by Gasteiger charge is -2.10. The van der Waals surface area contributed by atoms with E-state index < -0.39 is 0 Å². The second kappa shape index (κ2) is 8.62. The van der Waals surface area contributed by atoms with E-state index in [2.05, 4.69) is 29.2 Å². The lowest BCUT2D eigenvalue weighted by Crippen LogP contribution is -2.15. The summed E-state index contributed by atoms with van der Waals surface area (Å²) in [6.07, 6.45) is 3.43. The van der Waals surface area contributed by atoms with Crippen molar-refractivity contribution in [2.75, 3.05) is 11.1 Å². The van der Waals surface area contributed by atoms with E-state index in [0.29, 0.717) is 22.2 Å². The fraction of sp³-hybridized carbons (Fsp3) is 0.0476. The van der Waals surface area contributed by atoms with Crippen molar-refractivity contribution in [2.45, 2.75) is 5.16 Å². The topological polar surface area (TPSA) is 98.5 Å². The number of hydrogen-bond acceptors (Lipinski definition) is 8. The molecule has 0 saturated carbocycles. The van der Waals surface area contributed by atoms with Crippen LogP contribution in [0.15, 0.2) is 78.2 Å². The van der Waals surface area contributed by atoms with Crippen molar-refractivity contribution in [1.82, 2.24) is 28.5 Å². The summed E-state index contributed by atoms with van der Waals surface area (Å²) in [5.74, 6) is 0.711. The monoisotopic (exact) mass is 445 g/mol. The van der Waals surface area contributed by atoms with Crippen LogP contribution in [0.5, 0.6) is 0 Å². The summed E-state index contributed by atoms with van der Waals surface area (Å²) in [7, 11) is 0. The van der Waals surface area contributed by atoms with Gasteiger partial charge in [0.05, 0.1) is 23.2 Å². The number of nitrogens with zero attached hydrogens (tertiary/aromatic N) is 6. The third kappa shape index (κ3) is 4.03. The van der Waals surface area contributed by atoms with Crippen LogP contribution in [0.2, 0.25) is 0 Å². The van der Waals surface area contributed by atoms with Gasteiger partial charge in [0, 0.05) is 23.6 Å². The molecule has 0 aliphatic carbocycles.